The molecule has 166 valence electrons. The summed E-state index contributed by atoms with van der Waals surface area (Å²) in [6.45, 7) is 2.38. The quantitative estimate of drug-likeness (QED) is 0.473. The number of hydrogen-bond acceptors (Lipinski definition) is 7. The lowest BCUT2D eigenvalue weighted by molar-refractivity contribution is 0.102. The van der Waals surface area contributed by atoms with Crippen molar-refractivity contribution in [1.29, 1.82) is 0 Å². The molecule has 0 unspecified atom stereocenters. The number of amides is 1. The molecular weight excluding hydrogens is 425 g/mol. The lowest BCUT2D eigenvalue weighted by Gasteiger charge is -2.18. The highest BCUT2D eigenvalue weighted by atomic mass is 19.1. The van der Waals surface area contributed by atoms with Crippen LogP contribution in [0.2, 0.25) is 0 Å². The van der Waals surface area contributed by atoms with Gasteiger partial charge in [-0.15, -0.1) is 10.2 Å². The SMILES string of the molecule is C[C@H]1CCCOc2cc(F)c(-c3cncnc3)cc2C(=O)Nc2cccc(n2)-c2nncn21. The molecule has 4 heterocycles. The average Bonchev–Trinajstić information content (AvgIpc) is 3.32. The first-order valence-corrected chi connectivity index (χ1v) is 10.5. The Morgan fingerprint density at radius 2 is 2.03 bits per heavy atom. The fourth-order valence-electron chi connectivity index (χ4n) is 3.77. The summed E-state index contributed by atoms with van der Waals surface area (Å²) in [4.78, 5) is 25.6. The third kappa shape index (κ3) is 4.14. The molecule has 5 rings (SSSR count). The minimum atomic E-state index is -0.528. The van der Waals surface area contributed by atoms with Crippen molar-refractivity contribution >= 4 is 11.7 Å². The summed E-state index contributed by atoms with van der Waals surface area (Å²) >= 11 is 0. The maximum Gasteiger partial charge on any atom is 0.260 e. The van der Waals surface area contributed by atoms with Crippen LogP contribution >= 0.6 is 0 Å². The molecule has 1 aliphatic heterocycles. The minimum absolute atomic E-state index is 0.0956. The zero-order valence-corrected chi connectivity index (χ0v) is 17.8. The molecule has 1 N–H and O–H groups in total. The Bertz CT molecular complexity index is 1310. The van der Waals surface area contributed by atoms with Gasteiger partial charge in [0.2, 0.25) is 0 Å². The maximum absolute atomic E-state index is 14.9. The molecule has 10 heteroatoms. The van der Waals surface area contributed by atoms with Crippen LogP contribution in [-0.2, 0) is 0 Å². The Kier molecular flexibility index (Phi) is 5.47. The van der Waals surface area contributed by atoms with E-state index in [-0.39, 0.29) is 22.9 Å². The van der Waals surface area contributed by atoms with Gasteiger partial charge in [-0.05, 0) is 38.0 Å². The molecule has 1 aliphatic rings. The van der Waals surface area contributed by atoms with Crippen molar-refractivity contribution in [3.05, 3.63) is 66.8 Å². The van der Waals surface area contributed by atoms with Gasteiger partial charge in [-0.25, -0.2) is 19.3 Å². The van der Waals surface area contributed by atoms with Gasteiger partial charge < -0.3 is 14.6 Å². The Labute approximate surface area is 188 Å². The predicted octanol–water partition coefficient (Wildman–Crippen LogP) is 3.92. The van der Waals surface area contributed by atoms with Gasteiger partial charge in [0.25, 0.3) is 5.91 Å². The number of carbonyl (C=O) groups is 1. The first-order valence-electron chi connectivity index (χ1n) is 10.5. The average molecular weight is 445 g/mol. The van der Waals surface area contributed by atoms with Crippen LogP contribution in [0, 0.1) is 5.82 Å². The number of ether oxygens (including phenoxy) is 1. The number of anilines is 1. The van der Waals surface area contributed by atoms with Crippen LogP contribution in [0.1, 0.15) is 36.2 Å². The molecule has 1 amide bonds. The van der Waals surface area contributed by atoms with Crippen LogP contribution in [0.15, 0.2) is 55.4 Å². The van der Waals surface area contributed by atoms with E-state index >= 15 is 0 Å². The summed E-state index contributed by atoms with van der Waals surface area (Å²) < 4.78 is 22.7. The fourth-order valence-corrected chi connectivity index (χ4v) is 3.77. The van der Waals surface area contributed by atoms with Gasteiger partial charge in [-0.1, -0.05) is 6.07 Å². The Balaban J connectivity index is 1.58. The first kappa shape index (κ1) is 20.7. The van der Waals surface area contributed by atoms with Crippen LogP contribution in [-0.4, -0.2) is 42.2 Å². The fraction of sp³-hybridized carbons (Fsp3) is 0.217. The third-order valence-electron chi connectivity index (χ3n) is 5.48. The highest BCUT2D eigenvalue weighted by Crippen LogP contribution is 2.31. The summed E-state index contributed by atoms with van der Waals surface area (Å²) in [5.74, 6) is 0.109. The van der Waals surface area contributed by atoms with E-state index in [1.807, 2.05) is 10.6 Å². The van der Waals surface area contributed by atoms with Crippen molar-refractivity contribution in [1.82, 2.24) is 29.7 Å². The Morgan fingerprint density at radius 3 is 2.88 bits per heavy atom. The molecule has 0 saturated heterocycles. The van der Waals surface area contributed by atoms with Gasteiger partial charge in [0.1, 0.15) is 35.7 Å². The first-order chi connectivity index (χ1) is 16.1. The van der Waals surface area contributed by atoms with E-state index in [2.05, 4.69) is 37.4 Å². The van der Waals surface area contributed by atoms with Crippen molar-refractivity contribution < 1.29 is 13.9 Å². The highest BCUT2D eigenvalue weighted by Gasteiger charge is 2.21. The van der Waals surface area contributed by atoms with Gasteiger partial charge in [-0.2, -0.15) is 0 Å². The molecule has 4 aromatic rings. The van der Waals surface area contributed by atoms with E-state index in [1.165, 1.54) is 30.9 Å². The second-order valence-electron chi connectivity index (χ2n) is 7.72. The van der Waals surface area contributed by atoms with E-state index in [9.17, 15) is 9.18 Å². The summed E-state index contributed by atoms with van der Waals surface area (Å²) in [6.07, 6.45) is 7.46. The molecule has 1 atom stereocenters. The summed E-state index contributed by atoms with van der Waals surface area (Å²) in [5, 5.41) is 11.0. The molecule has 1 aromatic carbocycles. The van der Waals surface area contributed by atoms with Crippen LogP contribution in [0.25, 0.3) is 22.6 Å². The smallest absolute Gasteiger partial charge is 0.260 e. The van der Waals surface area contributed by atoms with E-state index in [1.54, 1.807) is 18.5 Å². The number of nitrogens with one attached hydrogen (secondary N) is 1. The number of halogens is 1. The number of rotatable bonds is 1. The standard InChI is InChI=1S/C23H20FN7O2/c1-14-4-3-7-33-20-9-18(24)16(15-10-25-12-26-11-15)8-17(20)23(32)29-21-6-2-5-19(28-21)22-30-27-13-31(14)22/h2,5-6,8-14H,3-4,7H2,1H3,(H,28,29,32)/t14-/m0/s1. The van der Waals surface area contributed by atoms with E-state index in [0.717, 1.165) is 6.42 Å². The molecule has 2 bridgehead atoms. The summed E-state index contributed by atoms with van der Waals surface area (Å²) in [7, 11) is 0. The van der Waals surface area contributed by atoms with Crippen molar-refractivity contribution in [3.63, 3.8) is 0 Å². The van der Waals surface area contributed by atoms with Crippen molar-refractivity contribution in [2.45, 2.75) is 25.8 Å². The summed E-state index contributed by atoms with van der Waals surface area (Å²) in [6, 6.07) is 8.05. The summed E-state index contributed by atoms with van der Waals surface area (Å²) in [5.41, 5.74) is 1.44. The maximum atomic E-state index is 14.9. The van der Waals surface area contributed by atoms with Gasteiger partial charge >= 0.3 is 0 Å². The largest absolute Gasteiger partial charge is 0.493 e. The van der Waals surface area contributed by atoms with Crippen molar-refractivity contribution in [2.75, 3.05) is 11.9 Å². The van der Waals surface area contributed by atoms with Gasteiger partial charge in [0.15, 0.2) is 5.82 Å². The second-order valence-corrected chi connectivity index (χ2v) is 7.72. The number of benzene rings is 1. The van der Waals surface area contributed by atoms with Crippen LogP contribution < -0.4 is 10.1 Å². The zero-order chi connectivity index (χ0) is 22.8. The third-order valence-corrected chi connectivity index (χ3v) is 5.48. The number of pyridine rings is 1. The van der Waals surface area contributed by atoms with E-state index in [4.69, 9.17) is 4.74 Å². The molecule has 0 radical (unpaired) electrons. The van der Waals surface area contributed by atoms with Crippen molar-refractivity contribution in [2.24, 2.45) is 0 Å². The Morgan fingerprint density at radius 1 is 1.18 bits per heavy atom. The van der Waals surface area contributed by atoms with E-state index in [0.29, 0.717) is 35.9 Å². The molecule has 0 aliphatic carbocycles. The molecule has 0 saturated carbocycles. The Hall–Kier alpha value is -4.21. The molecule has 0 fully saturated rings. The molecule has 0 spiro atoms. The van der Waals surface area contributed by atoms with Crippen molar-refractivity contribution in [3.8, 4) is 28.4 Å². The van der Waals surface area contributed by atoms with Gasteiger partial charge in [0.05, 0.1) is 12.2 Å². The zero-order valence-electron chi connectivity index (χ0n) is 17.8. The number of hydrogen-bond donors (Lipinski definition) is 1. The normalized spacial score (nSPS) is 16.1. The molecule has 33 heavy (non-hydrogen) atoms. The number of nitrogens with zero attached hydrogens (tertiary/aromatic N) is 6. The molecule has 3 aromatic heterocycles. The molecular formula is C23H20FN7O2. The van der Waals surface area contributed by atoms with Crippen LogP contribution in [0.3, 0.4) is 0 Å². The minimum Gasteiger partial charge on any atom is -0.493 e. The highest BCUT2D eigenvalue weighted by molar-refractivity contribution is 6.06. The lowest BCUT2D eigenvalue weighted by atomic mass is 10.0. The van der Waals surface area contributed by atoms with Crippen LogP contribution in [0.4, 0.5) is 10.2 Å². The number of aromatic nitrogens is 6. The monoisotopic (exact) mass is 445 g/mol. The van der Waals surface area contributed by atoms with Gasteiger partial charge in [0, 0.05) is 35.6 Å². The predicted molar refractivity (Wildman–Crippen MR) is 118 cm³/mol. The second kappa shape index (κ2) is 8.73. The van der Waals surface area contributed by atoms with E-state index < -0.39 is 11.7 Å². The van der Waals surface area contributed by atoms with Crippen LogP contribution in [0.5, 0.6) is 5.75 Å². The number of fused-ring (bicyclic) bond motifs is 5. The number of carbonyl (C=O) groups excluding carboxylic acids is 1. The topological polar surface area (TPSA) is 108 Å². The molecule has 9 nitrogen and oxygen atoms in total. The lowest BCUT2D eigenvalue weighted by Crippen LogP contribution is -2.17. The van der Waals surface area contributed by atoms with Gasteiger partial charge in [-0.3, -0.25) is 4.79 Å².